The van der Waals surface area contributed by atoms with Crippen LogP contribution in [-0.2, 0) is 14.8 Å². The van der Waals surface area contributed by atoms with E-state index in [1.54, 1.807) is 19.1 Å². The minimum absolute atomic E-state index is 0.0379. The standard InChI is InChI=1S/C35H44F2N4O7S/c1-23-20-41(24(2)22-42)34(43)31-19-29(39-35(44)38-28-12-8-26(36)9-13-28)14-17-32(31)48-25(3)7-5-6-18-47-33(23)21-40(4)49(45,46)30-15-10-27(37)11-16-30/h8-17,19,23-25,33,42H,5-7,18,20-22H2,1-4H3,(H2,38,39,44)/t23-,24+,25+,33+/m0/s1. The molecule has 0 bridgehead atoms. The fourth-order valence-corrected chi connectivity index (χ4v) is 6.61. The van der Waals surface area contributed by atoms with Crippen molar-refractivity contribution in [3.8, 4) is 5.75 Å². The molecule has 1 aliphatic rings. The zero-order valence-corrected chi connectivity index (χ0v) is 28.9. The number of amides is 3. The Kier molecular flexibility index (Phi) is 13.1. The number of nitrogens with one attached hydrogen (secondary N) is 2. The highest BCUT2D eigenvalue weighted by molar-refractivity contribution is 7.89. The number of hydrogen-bond acceptors (Lipinski definition) is 7. The highest BCUT2D eigenvalue weighted by Gasteiger charge is 2.32. The first kappa shape index (κ1) is 37.7. The first-order chi connectivity index (χ1) is 23.3. The van der Waals surface area contributed by atoms with Crippen molar-refractivity contribution in [1.82, 2.24) is 9.21 Å². The lowest BCUT2D eigenvalue weighted by atomic mass is 10.0. The quantitative estimate of drug-likeness (QED) is 0.273. The van der Waals surface area contributed by atoms with Crippen LogP contribution in [0.2, 0.25) is 0 Å². The van der Waals surface area contributed by atoms with E-state index in [0.29, 0.717) is 36.6 Å². The molecule has 266 valence electrons. The predicted octanol–water partition coefficient (Wildman–Crippen LogP) is 5.73. The molecule has 0 saturated carbocycles. The van der Waals surface area contributed by atoms with E-state index in [1.807, 2.05) is 13.8 Å². The van der Waals surface area contributed by atoms with Crippen LogP contribution < -0.4 is 15.4 Å². The van der Waals surface area contributed by atoms with E-state index in [9.17, 15) is 31.9 Å². The third-order valence-electron chi connectivity index (χ3n) is 8.37. The van der Waals surface area contributed by atoms with Gasteiger partial charge in [0.05, 0.1) is 35.3 Å². The molecule has 3 N–H and O–H groups in total. The molecule has 0 spiro atoms. The van der Waals surface area contributed by atoms with Gasteiger partial charge in [-0.05, 0) is 99.8 Å². The Morgan fingerprint density at radius 1 is 1.00 bits per heavy atom. The molecule has 0 unspecified atom stereocenters. The fourth-order valence-electron chi connectivity index (χ4n) is 5.43. The van der Waals surface area contributed by atoms with Crippen molar-refractivity contribution in [3.05, 3.63) is 83.9 Å². The summed E-state index contributed by atoms with van der Waals surface area (Å²) >= 11 is 0. The van der Waals surface area contributed by atoms with Gasteiger partial charge in [-0.3, -0.25) is 4.79 Å². The van der Waals surface area contributed by atoms with E-state index in [0.717, 1.165) is 22.9 Å². The molecular weight excluding hydrogens is 658 g/mol. The molecule has 3 amide bonds. The summed E-state index contributed by atoms with van der Waals surface area (Å²) in [6, 6.07) is 13.3. The van der Waals surface area contributed by atoms with Crippen LogP contribution in [0.3, 0.4) is 0 Å². The summed E-state index contributed by atoms with van der Waals surface area (Å²) in [5.74, 6) is -1.57. The van der Waals surface area contributed by atoms with Gasteiger partial charge in [-0.2, -0.15) is 4.31 Å². The zero-order valence-electron chi connectivity index (χ0n) is 28.1. The van der Waals surface area contributed by atoms with Crippen molar-refractivity contribution in [2.75, 3.05) is 44.0 Å². The molecule has 4 rings (SSSR count). The molecule has 1 aliphatic heterocycles. The first-order valence-electron chi connectivity index (χ1n) is 16.2. The van der Waals surface area contributed by atoms with Gasteiger partial charge in [0.2, 0.25) is 10.0 Å². The van der Waals surface area contributed by atoms with Crippen molar-refractivity contribution in [2.24, 2.45) is 5.92 Å². The highest BCUT2D eigenvalue weighted by atomic mass is 32.2. The molecular formula is C35H44F2N4O7S. The monoisotopic (exact) mass is 702 g/mol. The van der Waals surface area contributed by atoms with Crippen LogP contribution in [-0.4, -0.2) is 86.3 Å². The SMILES string of the molecule is C[C@@H]1CCCCO[C@H](CN(C)S(=O)(=O)c2ccc(F)cc2)[C@@H](C)CN([C@H](C)CO)C(=O)c2cc(NC(=O)Nc3ccc(F)cc3)ccc2O1. The number of ether oxygens (including phenoxy) is 2. The van der Waals surface area contributed by atoms with Crippen molar-refractivity contribution in [3.63, 3.8) is 0 Å². The summed E-state index contributed by atoms with van der Waals surface area (Å²) in [4.78, 5) is 28.5. The van der Waals surface area contributed by atoms with Crippen molar-refractivity contribution < 1.29 is 41.4 Å². The van der Waals surface area contributed by atoms with Crippen molar-refractivity contribution >= 4 is 33.3 Å². The Balaban J connectivity index is 1.62. The number of sulfonamides is 1. The molecule has 3 aromatic rings. The normalized spacial score (nSPS) is 20.1. The second-order valence-corrected chi connectivity index (χ2v) is 14.4. The lowest BCUT2D eigenvalue weighted by Gasteiger charge is -2.35. The summed E-state index contributed by atoms with van der Waals surface area (Å²) in [5.41, 5.74) is 0.822. The smallest absolute Gasteiger partial charge is 0.323 e. The summed E-state index contributed by atoms with van der Waals surface area (Å²) < 4.78 is 67.1. The Morgan fingerprint density at radius 2 is 1.61 bits per heavy atom. The number of likely N-dealkylation sites (N-methyl/N-ethyl adjacent to an activating group) is 1. The van der Waals surface area contributed by atoms with E-state index in [4.69, 9.17) is 9.47 Å². The van der Waals surface area contributed by atoms with E-state index < -0.39 is 51.7 Å². The maximum Gasteiger partial charge on any atom is 0.323 e. The maximum absolute atomic E-state index is 14.3. The molecule has 0 fully saturated rings. The van der Waals surface area contributed by atoms with Crippen LogP contribution in [0.5, 0.6) is 5.75 Å². The average Bonchev–Trinajstić information content (AvgIpc) is 3.07. The molecule has 4 atom stereocenters. The summed E-state index contributed by atoms with van der Waals surface area (Å²) in [6.45, 7) is 5.47. The van der Waals surface area contributed by atoms with Gasteiger partial charge in [-0.15, -0.1) is 0 Å². The van der Waals surface area contributed by atoms with Gasteiger partial charge in [-0.25, -0.2) is 22.0 Å². The third-order valence-corrected chi connectivity index (χ3v) is 10.2. The van der Waals surface area contributed by atoms with Gasteiger partial charge in [0.25, 0.3) is 5.91 Å². The van der Waals surface area contributed by atoms with Crippen LogP contribution in [0.15, 0.2) is 71.6 Å². The van der Waals surface area contributed by atoms with Gasteiger partial charge in [-0.1, -0.05) is 6.92 Å². The summed E-state index contributed by atoms with van der Waals surface area (Å²) in [5, 5.41) is 15.5. The molecule has 1 heterocycles. The van der Waals surface area contributed by atoms with Crippen LogP contribution >= 0.6 is 0 Å². The Bertz CT molecular complexity index is 1680. The molecule has 11 nitrogen and oxygen atoms in total. The number of carbonyl (C=O) groups is 2. The number of urea groups is 1. The molecule has 0 saturated heterocycles. The van der Waals surface area contributed by atoms with E-state index >= 15 is 0 Å². The number of hydrogen-bond donors (Lipinski definition) is 3. The van der Waals surface area contributed by atoms with Gasteiger partial charge in [0, 0.05) is 44.0 Å². The number of anilines is 2. The molecule has 0 aliphatic carbocycles. The largest absolute Gasteiger partial charge is 0.490 e. The molecule has 0 aromatic heterocycles. The van der Waals surface area contributed by atoms with Crippen molar-refractivity contribution in [2.45, 2.75) is 63.2 Å². The van der Waals surface area contributed by atoms with Gasteiger partial charge < -0.3 is 30.1 Å². The topological polar surface area (TPSA) is 138 Å². The Hall–Kier alpha value is -4.11. The zero-order chi connectivity index (χ0) is 35.7. The Morgan fingerprint density at radius 3 is 2.27 bits per heavy atom. The molecule has 14 heteroatoms. The van der Waals surface area contributed by atoms with Crippen LogP contribution in [0, 0.1) is 17.6 Å². The van der Waals surface area contributed by atoms with Crippen LogP contribution in [0.25, 0.3) is 0 Å². The van der Waals surface area contributed by atoms with Gasteiger partial charge >= 0.3 is 6.03 Å². The van der Waals surface area contributed by atoms with Gasteiger partial charge in [0.1, 0.15) is 17.4 Å². The maximum atomic E-state index is 14.3. The molecule has 3 aromatic carbocycles. The average molecular weight is 703 g/mol. The highest BCUT2D eigenvalue weighted by Crippen LogP contribution is 2.29. The second-order valence-electron chi connectivity index (χ2n) is 12.3. The van der Waals surface area contributed by atoms with Crippen molar-refractivity contribution in [1.29, 1.82) is 0 Å². The molecule has 49 heavy (non-hydrogen) atoms. The number of carbonyl (C=O) groups excluding carboxylic acids is 2. The minimum atomic E-state index is -3.98. The van der Waals surface area contributed by atoms with Gasteiger partial charge in [0.15, 0.2) is 0 Å². The number of aliphatic hydroxyl groups is 1. The first-order valence-corrected chi connectivity index (χ1v) is 17.6. The Labute approximate surface area is 286 Å². The number of fused-ring (bicyclic) bond motifs is 1. The minimum Gasteiger partial charge on any atom is -0.490 e. The summed E-state index contributed by atoms with van der Waals surface area (Å²) in [7, 11) is -2.55. The van der Waals surface area contributed by atoms with Crippen LogP contribution in [0.4, 0.5) is 25.0 Å². The van der Waals surface area contributed by atoms with E-state index in [1.165, 1.54) is 54.4 Å². The van der Waals surface area contributed by atoms with Crippen LogP contribution in [0.1, 0.15) is 50.4 Å². The third kappa shape index (κ3) is 10.2. The lowest BCUT2D eigenvalue weighted by Crippen LogP contribution is -2.48. The fraction of sp³-hybridized carbons (Fsp3) is 0.429. The molecule has 0 radical (unpaired) electrons. The number of aliphatic hydroxyl groups excluding tert-OH is 1. The second kappa shape index (κ2) is 17.0. The number of halogens is 2. The predicted molar refractivity (Wildman–Crippen MR) is 182 cm³/mol. The van der Waals surface area contributed by atoms with E-state index in [2.05, 4.69) is 10.6 Å². The lowest BCUT2D eigenvalue weighted by molar-refractivity contribution is -0.00834. The number of nitrogens with zero attached hydrogens (tertiary/aromatic N) is 2. The van der Waals surface area contributed by atoms with E-state index in [-0.39, 0.29) is 36.3 Å². The summed E-state index contributed by atoms with van der Waals surface area (Å²) in [6.07, 6.45) is 1.15. The number of benzene rings is 3. The number of rotatable bonds is 8.